The molecule has 0 fully saturated rings. The Morgan fingerprint density at radius 2 is 1.97 bits per heavy atom. The highest BCUT2D eigenvalue weighted by Gasteiger charge is 2.30. The Morgan fingerprint density at radius 1 is 1.09 bits per heavy atom. The van der Waals surface area contributed by atoms with Crippen molar-refractivity contribution in [1.29, 1.82) is 0 Å². The molecule has 5 aromatic rings. The molecule has 2 N–H and O–H groups in total. The fraction of sp³-hybridized carbons (Fsp3) is 0.182. The van der Waals surface area contributed by atoms with Crippen molar-refractivity contribution in [2.75, 3.05) is 0 Å². The van der Waals surface area contributed by atoms with E-state index in [4.69, 9.17) is 4.98 Å². The topological polar surface area (TPSA) is 88.1 Å². The molecule has 0 unspecified atom stereocenters. The third-order valence-corrected chi connectivity index (χ3v) is 5.32. The van der Waals surface area contributed by atoms with Crippen LogP contribution >= 0.6 is 0 Å². The van der Waals surface area contributed by atoms with Crippen LogP contribution in [0.1, 0.15) is 16.8 Å². The maximum absolute atomic E-state index is 12.9. The van der Waals surface area contributed by atoms with Crippen LogP contribution in [-0.2, 0) is 19.1 Å². The summed E-state index contributed by atoms with van der Waals surface area (Å²) in [5.41, 5.74) is 5.44. The Balaban J connectivity index is 1.38. The average Bonchev–Trinajstić information content (AvgIpc) is 3.50. The lowest BCUT2D eigenvalue weighted by molar-refractivity contribution is -0.137. The average molecular weight is 437 g/mol. The van der Waals surface area contributed by atoms with Gasteiger partial charge in [-0.3, -0.25) is 9.78 Å². The van der Waals surface area contributed by atoms with Crippen molar-refractivity contribution >= 4 is 11.2 Å². The first-order valence-electron chi connectivity index (χ1n) is 9.92. The summed E-state index contributed by atoms with van der Waals surface area (Å²) in [5.74, 6) is 0. The van der Waals surface area contributed by atoms with Crippen LogP contribution in [0.5, 0.6) is 0 Å². The van der Waals surface area contributed by atoms with E-state index in [0.717, 1.165) is 28.5 Å². The van der Waals surface area contributed by atoms with E-state index in [1.54, 1.807) is 29.3 Å². The summed E-state index contributed by atoms with van der Waals surface area (Å²) in [6, 6.07) is 5.37. The second-order valence-electron chi connectivity index (χ2n) is 7.48. The van der Waals surface area contributed by atoms with Gasteiger partial charge in [0.05, 0.1) is 29.3 Å². The zero-order valence-electron chi connectivity index (χ0n) is 17.0. The first kappa shape index (κ1) is 20.0. The molecule has 162 valence electrons. The lowest BCUT2D eigenvalue weighted by Crippen LogP contribution is -2.06. The van der Waals surface area contributed by atoms with Gasteiger partial charge in [0.25, 0.3) is 0 Å². The van der Waals surface area contributed by atoms with Crippen molar-refractivity contribution in [2.45, 2.75) is 26.1 Å². The minimum Gasteiger partial charge on any atom is -0.344 e. The van der Waals surface area contributed by atoms with Crippen LogP contribution in [0.25, 0.3) is 33.5 Å². The minimum atomic E-state index is -4.35. The molecule has 0 saturated heterocycles. The number of aromatic amines is 2. The number of aryl methyl sites for hydroxylation is 3. The van der Waals surface area contributed by atoms with E-state index in [1.165, 1.54) is 12.1 Å². The van der Waals surface area contributed by atoms with Crippen molar-refractivity contribution in [1.82, 2.24) is 34.9 Å². The van der Waals surface area contributed by atoms with Gasteiger partial charge in [-0.15, -0.1) is 0 Å². The van der Waals surface area contributed by atoms with Crippen LogP contribution in [0.3, 0.4) is 0 Å². The second kappa shape index (κ2) is 7.63. The molecule has 4 heterocycles. The zero-order valence-corrected chi connectivity index (χ0v) is 17.0. The Labute approximate surface area is 180 Å². The summed E-state index contributed by atoms with van der Waals surface area (Å²) in [5, 5.41) is 11.3. The maximum Gasteiger partial charge on any atom is 0.416 e. The van der Waals surface area contributed by atoms with Gasteiger partial charge >= 0.3 is 6.18 Å². The van der Waals surface area contributed by atoms with Crippen molar-refractivity contribution < 1.29 is 13.2 Å². The van der Waals surface area contributed by atoms with Crippen molar-refractivity contribution in [3.8, 4) is 22.4 Å². The van der Waals surface area contributed by atoms with E-state index in [0.29, 0.717) is 35.4 Å². The van der Waals surface area contributed by atoms with Crippen LogP contribution in [0, 0.1) is 6.92 Å². The number of nitrogens with one attached hydrogen (secondary N) is 2. The van der Waals surface area contributed by atoms with Crippen molar-refractivity contribution in [3.05, 3.63) is 72.1 Å². The third kappa shape index (κ3) is 3.75. The Hall–Kier alpha value is -3.95. The quantitative estimate of drug-likeness (QED) is 0.414. The van der Waals surface area contributed by atoms with Gasteiger partial charge in [-0.1, -0.05) is 18.2 Å². The molecule has 10 heteroatoms. The molecule has 32 heavy (non-hydrogen) atoms. The van der Waals surface area contributed by atoms with E-state index in [2.05, 4.69) is 25.3 Å². The highest BCUT2D eigenvalue weighted by molar-refractivity contribution is 5.91. The highest BCUT2D eigenvalue weighted by Crippen LogP contribution is 2.30. The highest BCUT2D eigenvalue weighted by atomic mass is 19.4. The fourth-order valence-corrected chi connectivity index (χ4v) is 3.63. The molecule has 0 aliphatic rings. The summed E-state index contributed by atoms with van der Waals surface area (Å²) in [6.07, 6.45) is 4.95. The largest absolute Gasteiger partial charge is 0.416 e. The molecule has 4 aromatic heterocycles. The minimum absolute atomic E-state index is 0.433. The van der Waals surface area contributed by atoms with Gasteiger partial charge in [0.15, 0.2) is 5.65 Å². The van der Waals surface area contributed by atoms with Crippen LogP contribution in [0.4, 0.5) is 13.2 Å². The van der Waals surface area contributed by atoms with Gasteiger partial charge in [0.1, 0.15) is 5.52 Å². The molecule has 0 aliphatic heterocycles. The van der Waals surface area contributed by atoms with E-state index >= 15 is 0 Å². The Morgan fingerprint density at radius 3 is 2.75 bits per heavy atom. The molecule has 0 bridgehead atoms. The van der Waals surface area contributed by atoms with E-state index in [1.807, 2.05) is 19.3 Å². The summed E-state index contributed by atoms with van der Waals surface area (Å²) >= 11 is 0. The molecule has 1 aromatic carbocycles. The lowest BCUT2D eigenvalue weighted by Gasteiger charge is -2.08. The number of benzene rings is 1. The van der Waals surface area contributed by atoms with E-state index in [-0.39, 0.29) is 0 Å². The molecular formula is C22H18F3N7. The summed E-state index contributed by atoms with van der Waals surface area (Å²) < 4.78 is 40.5. The normalized spacial score (nSPS) is 12.0. The number of hydrogen-bond donors (Lipinski definition) is 2. The van der Waals surface area contributed by atoms with Crippen molar-refractivity contribution in [2.24, 2.45) is 0 Å². The smallest absolute Gasteiger partial charge is 0.344 e. The summed E-state index contributed by atoms with van der Waals surface area (Å²) in [6.45, 7) is 2.35. The standard InChI is InChI=1S/C22H18F3N7/c1-13-17(10-28-31-13)19-11-27-21-20(30-19)18(9-26-21)15-8-29-32(12-15)6-5-14-3-2-4-16(7-14)22(23,24)25/h2-4,7-12H,5-6H2,1H3,(H,26,27)(H,28,31). The molecule has 5 rings (SSSR count). The number of nitrogens with zero attached hydrogens (tertiary/aromatic N) is 5. The van der Waals surface area contributed by atoms with E-state index in [9.17, 15) is 13.2 Å². The predicted octanol–water partition coefficient (Wildman–Crippen LogP) is 4.78. The van der Waals surface area contributed by atoms with Crippen LogP contribution < -0.4 is 0 Å². The van der Waals surface area contributed by atoms with Crippen molar-refractivity contribution in [3.63, 3.8) is 0 Å². The van der Waals surface area contributed by atoms with Gasteiger partial charge in [-0.05, 0) is 25.0 Å². The first-order valence-corrected chi connectivity index (χ1v) is 9.92. The summed E-state index contributed by atoms with van der Waals surface area (Å²) in [7, 11) is 0. The molecule has 0 atom stereocenters. The van der Waals surface area contributed by atoms with Gasteiger partial charge < -0.3 is 4.98 Å². The number of aromatic nitrogens is 7. The Kier molecular flexibility index (Phi) is 4.76. The van der Waals surface area contributed by atoms with Gasteiger partial charge in [0, 0.05) is 41.8 Å². The first-order chi connectivity index (χ1) is 15.4. The monoisotopic (exact) mass is 437 g/mol. The number of hydrogen-bond acceptors (Lipinski definition) is 4. The molecule has 7 nitrogen and oxygen atoms in total. The van der Waals surface area contributed by atoms with Gasteiger partial charge in [-0.2, -0.15) is 23.4 Å². The molecule has 0 spiro atoms. The second-order valence-corrected chi connectivity index (χ2v) is 7.48. The molecule has 0 saturated carbocycles. The zero-order chi connectivity index (χ0) is 22.3. The SMILES string of the molecule is Cc1n[nH]cc1-c1cnc2[nH]cc(-c3cnn(CCc4cccc(C(F)(F)F)c4)c3)c2n1. The van der Waals surface area contributed by atoms with E-state index < -0.39 is 11.7 Å². The number of fused-ring (bicyclic) bond motifs is 1. The number of rotatable bonds is 5. The fourth-order valence-electron chi connectivity index (χ4n) is 3.63. The summed E-state index contributed by atoms with van der Waals surface area (Å²) in [4.78, 5) is 12.3. The lowest BCUT2D eigenvalue weighted by atomic mass is 10.1. The Bertz CT molecular complexity index is 1390. The third-order valence-electron chi connectivity index (χ3n) is 5.32. The van der Waals surface area contributed by atoms with Gasteiger partial charge in [0.2, 0.25) is 0 Å². The van der Waals surface area contributed by atoms with Crippen LogP contribution in [0.2, 0.25) is 0 Å². The number of alkyl halides is 3. The molecule has 0 radical (unpaired) electrons. The van der Waals surface area contributed by atoms with Crippen LogP contribution in [0.15, 0.2) is 55.2 Å². The molecular weight excluding hydrogens is 419 g/mol. The van der Waals surface area contributed by atoms with Gasteiger partial charge in [-0.25, -0.2) is 9.97 Å². The van der Waals surface area contributed by atoms with Crippen LogP contribution in [-0.4, -0.2) is 34.9 Å². The molecule has 0 aliphatic carbocycles. The maximum atomic E-state index is 12.9. The number of halogens is 3. The number of H-pyrrole nitrogens is 2. The molecule has 0 amide bonds. The predicted molar refractivity (Wildman–Crippen MR) is 113 cm³/mol.